The van der Waals surface area contributed by atoms with Gasteiger partial charge in [-0.1, -0.05) is 12.8 Å². The number of methoxy groups -OCH3 is 1. The molecular formula is C15H20N4O6S. The van der Waals surface area contributed by atoms with Crippen LogP contribution in [0.15, 0.2) is 18.2 Å². The summed E-state index contributed by atoms with van der Waals surface area (Å²) in [6, 6.07) is 3.52. The van der Waals surface area contributed by atoms with Crippen molar-refractivity contribution < 1.29 is 24.4 Å². The largest absolute Gasteiger partial charge is 0.496 e. The van der Waals surface area contributed by atoms with Crippen LogP contribution in [0.25, 0.3) is 0 Å². The number of hydrogen-bond acceptors (Lipinski definition) is 6. The van der Waals surface area contributed by atoms with Crippen molar-refractivity contribution in [3.05, 3.63) is 28.3 Å². The lowest BCUT2D eigenvalue weighted by Crippen LogP contribution is -2.41. The Hall–Kier alpha value is -2.69. The first-order chi connectivity index (χ1) is 12.3. The molecule has 2 rings (SSSR count). The Balaban J connectivity index is 1.95. The Morgan fingerprint density at radius 1 is 1.46 bits per heavy atom. The predicted molar refractivity (Wildman–Crippen MR) is 96.7 cm³/mol. The molecule has 0 atom stereocenters. The lowest BCUT2D eigenvalue weighted by atomic mass is 9.97. The van der Waals surface area contributed by atoms with Crippen molar-refractivity contribution in [1.82, 2.24) is 9.21 Å². The Morgan fingerprint density at radius 2 is 2.12 bits per heavy atom. The molecule has 0 aromatic heterocycles. The van der Waals surface area contributed by atoms with Crippen LogP contribution in [0.2, 0.25) is 0 Å². The van der Waals surface area contributed by atoms with Gasteiger partial charge < -0.3 is 20.1 Å². The topological polar surface area (TPSA) is 125 Å². The van der Waals surface area contributed by atoms with E-state index >= 15 is 0 Å². The summed E-state index contributed by atoms with van der Waals surface area (Å²) in [5.74, 6) is 0.419. The normalized spacial score (nSPS) is 14.6. The molecule has 1 saturated heterocycles. The number of piperidine rings is 1. The zero-order chi connectivity index (χ0) is 19.3. The molecule has 0 unspecified atom stereocenters. The Morgan fingerprint density at radius 3 is 2.65 bits per heavy atom. The second-order valence-electron chi connectivity index (χ2n) is 5.87. The maximum atomic E-state index is 12.3. The van der Waals surface area contributed by atoms with Crippen molar-refractivity contribution >= 4 is 36.3 Å². The number of rotatable bonds is 5. The van der Waals surface area contributed by atoms with Gasteiger partial charge in [0.25, 0.3) is 5.69 Å². The lowest BCUT2D eigenvalue weighted by molar-refractivity contribution is -0.384. The third-order valence-electron chi connectivity index (χ3n) is 4.19. The van der Waals surface area contributed by atoms with Gasteiger partial charge in [0.15, 0.2) is 0 Å². The molecule has 142 valence electrons. The van der Waals surface area contributed by atoms with Crippen molar-refractivity contribution in [2.45, 2.75) is 12.8 Å². The van der Waals surface area contributed by atoms with Gasteiger partial charge in [-0.15, -0.1) is 0 Å². The van der Waals surface area contributed by atoms with Crippen LogP contribution in [0.3, 0.4) is 0 Å². The highest BCUT2D eigenvalue weighted by molar-refractivity contribution is 7.78. The highest BCUT2D eigenvalue weighted by Crippen LogP contribution is 2.29. The zero-order valence-electron chi connectivity index (χ0n) is 14.1. The SMILES string of the molecule is COc1ccc(NC(=O)N(S)CC2CCN(C(=O)O)CC2)c([N+](=O)[O-])c1. The Kier molecular flexibility index (Phi) is 6.50. The molecule has 1 aliphatic rings. The van der Waals surface area contributed by atoms with E-state index in [2.05, 4.69) is 18.1 Å². The molecule has 0 aliphatic carbocycles. The summed E-state index contributed by atoms with van der Waals surface area (Å²) in [5, 5.41) is 22.6. The van der Waals surface area contributed by atoms with Crippen LogP contribution in [0.1, 0.15) is 12.8 Å². The van der Waals surface area contributed by atoms with E-state index in [0.717, 1.165) is 4.31 Å². The number of urea groups is 1. The van der Waals surface area contributed by atoms with Gasteiger partial charge in [-0.3, -0.25) is 14.4 Å². The molecule has 1 fully saturated rings. The molecule has 0 spiro atoms. The number of carbonyl (C=O) groups excluding carboxylic acids is 1. The summed E-state index contributed by atoms with van der Waals surface area (Å²) < 4.78 is 6.10. The quantitative estimate of drug-likeness (QED) is 0.407. The van der Waals surface area contributed by atoms with Crippen LogP contribution in [0, 0.1) is 16.0 Å². The van der Waals surface area contributed by atoms with E-state index in [1.807, 2.05) is 0 Å². The first kappa shape index (κ1) is 19.6. The number of ether oxygens (including phenoxy) is 1. The van der Waals surface area contributed by atoms with Crippen molar-refractivity contribution in [2.75, 3.05) is 32.1 Å². The number of nitro groups is 1. The molecule has 2 N–H and O–H groups in total. The second kappa shape index (κ2) is 8.61. The number of likely N-dealkylation sites (tertiary alicyclic amines) is 1. The summed E-state index contributed by atoms with van der Waals surface area (Å²) in [6.07, 6.45) is 0.300. The third-order valence-corrected chi connectivity index (χ3v) is 4.54. The average Bonchev–Trinajstić information content (AvgIpc) is 2.62. The molecule has 0 saturated carbocycles. The van der Waals surface area contributed by atoms with Gasteiger partial charge in [0.1, 0.15) is 11.4 Å². The first-order valence-electron chi connectivity index (χ1n) is 7.89. The highest BCUT2D eigenvalue weighted by atomic mass is 32.1. The number of anilines is 1. The fraction of sp³-hybridized carbons (Fsp3) is 0.467. The Bertz CT molecular complexity index is 693. The molecule has 11 heteroatoms. The van der Waals surface area contributed by atoms with Gasteiger partial charge >= 0.3 is 12.1 Å². The molecule has 1 heterocycles. The van der Waals surface area contributed by atoms with Crippen LogP contribution in [0.5, 0.6) is 5.75 Å². The molecule has 3 amide bonds. The monoisotopic (exact) mass is 384 g/mol. The Labute approximate surface area is 155 Å². The molecule has 26 heavy (non-hydrogen) atoms. The van der Waals surface area contributed by atoms with Crippen LogP contribution in [0.4, 0.5) is 21.0 Å². The van der Waals surface area contributed by atoms with Crippen molar-refractivity contribution in [1.29, 1.82) is 0 Å². The van der Waals surface area contributed by atoms with Gasteiger partial charge in [0, 0.05) is 19.6 Å². The minimum Gasteiger partial charge on any atom is -0.496 e. The lowest BCUT2D eigenvalue weighted by Gasteiger charge is -2.31. The maximum Gasteiger partial charge on any atom is 0.407 e. The van der Waals surface area contributed by atoms with Crippen molar-refractivity contribution in [3.8, 4) is 5.75 Å². The number of nitrogens with one attached hydrogen (secondary N) is 1. The number of hydrogen-bond donors (Lipinski definition) is 3. The maximum absolute atomic E-state index is 12.3. The fourth-order valence-electron chi connectivity index (χ4n) is 2.71. The van der Waals surface area contributed by atoms with Gasteiger partial charge in [0.05, 0.1) is 18.1 Å². The van der Waals surface area contributed by atoms with E-state index in [1.54, 1.807) is 0 Å². The van der Waals surface area contributed by atoms with Gasteiger partial charge in [-0.2, -0.15) is 0 Å². The first-order valence-corrected chi connectivity index (χ1v) is 8.29. The van der Waals surface area contributed by atoms with Crippen LogP contribution in [-0.4, -0.2) is 58.1 Å². The van der Waals surface area contributed by atoms with Crippen molar-refractivity contribution in [3.63, 3.8) is 0 Å². The average molecular weight is 384 g/mol. The number of amides is 3. The number of thiol groups is 1. The zero-order valence-corrected chi connectivity index (χ0v) is 15.0. The van der Waals surface area contributed by atoms with Crippen LogP contribution >= 0.6 is 12.8 Å². The number of carbonyl (C=O) groups is 2. The van der Waals surface area contributed by atoms with Crippen LogP contribution in [-0.2, 0) is 0 Å². The number of nitro benzene ring substituents is 1. The van der Waals surface area contributed by atoms with E-state index in [4.69, 9.17) is 9.84 Å². The number of nitrogens with zero attached hydrogens (tertiary/aromatic N) is 3. The van der Waals surface area contributed by atoms with Gasteiger partial charge in [-0.25, -0.2) is 9.59 Å². The smallest absolute Gasteiger partial charge is 0.407 e. The number of benzene rings is 1. The molecular weight excluding hydrogens is 364 g/mol. The van der Waals surface area contributed by atoms with Crippen LogP contribution < -0.4 is 10.1 Å². The minimum absolute atomic E-state index is 0.0422. The third kappa shape index (κ3) is 4.91. The summed E-state index contributed by atoms with van der Waals surface area (Å²) in [5.41, 5.74) is -0.241. The van der Waals surface area contributed by atoms with Crippen molar-refractivity contribution in [2.24, 2.45) is 5.92 Å². The fourth-order valence-corrected chi connectivity index (χ4v) is 2.99. The number of carboxylic acid groups (broad SMARTS) is 1. The molecule has 1 aliphatic heterocycles. The van der Waals surface area contributed by atoms with E-state index < -0.39 is 17.0 Å². The molecule has 0 radical (unpaired) electrons. The standard InChI is InChI=1S/C15H20N4O6S/c1-25-11-2-3-12(13(8-11)19(23)24)16-14(20)18(26)9-10-4-6-17(7-5-10)15(21)22/h2-3,8,10,26H,4-7,9H2,1H3,(H,16,20)(H,21,22). The molecule has 10 nitrogen and oxygen atoms in total. The molecule has 1 aromatic rings. The van der Waals surface area contributed by atoms with Gasteiger partial charge in [0.2, 0.25) is 0 Å². The minimum atomic E-state index is -0.948. The molecule has 0 bridgehead atoms. The van der Waals surface area contributed by atoms with E-state index in [9.17, 15) is 19.7 Å². The summed E-state index contributed by atoms with van der Waals surface area (Å²) in [6.45, 7) is 1.13. The second-order valence-corrected chi connectivity index (χ2v) is 6.35. The van der Waals surface area contributed by atoms with E-state index in [0.29, 0.717) is 38.2 Å². The summed E-state index contributed by atoms with van der Waals surface area (Å²) in [7, 11) is 1.39. The van der Waals surface area contributed by atoms with E-state index in [-0.39, 0.29) is 17.3 Å². The summed E-state index contributed by atoms with van der Waals surface area (Å²) in [4.78, 5) is 35.0. The predicted octanol–water partition coefficient (Wildman–Crippen LogP) is 2.67. The highest BCUT2D eigenvalue weighted by Gasteiger charge is 2.25. The van der Waals surface area contributed by atoms with E-state index in [1.165, 1.54) is 30.2 Å². The van der Waals surface area contributed by atoms with Gasteiger partial charge in [-0.05, 0) is 30.9 Å². The summed E-state index contributed by atoms with van der Waals surface area (Å²) >= 11 is 4.15. The molecule has 1 aromatic carbocycles.